The number of hydrogen-bond donors (Lipinski definition) is 5. The first-order valence-electron chi connectivity index (χ1n) is 28.5. The first-order chi connectivity index (χ1) is 42.1. The number of methoxy groups -OCH3 is 2. The fourth-order valence-electron chi connectivity index (χ4n) is 11.3. The predicted molar refractivity (Wildman–Crippen MR) is 341 cm³/mol. The molecule has 2 atom stereocenters. The molecule has 5 N–H and O–H groups in total. The van der Waals surface area contributed by atoms with Crippen LogP contribution in [-0.2, 0) is 65.6 Å². The number of hydrogen-bond acceptors (Lipinski definition) is 15. The summed E-state index contributed by atoms with van der Waals surface area (Å²) < 4.78 is 151. The molecule has 2 amide bonds. The molecule has 0 saturated carbocycles. The SMILES string of the molecule is COCCN1C(=CC=CC=CC=CC2=[N+](CCCCCC(=O)NCCNC(=O)c3ccc(C(=O)OC)c(P(c4ccccc4)c4ccccc4)c3)c3ccc(S(=O)(=O)[O-])cc3C2(C)CCCS(=O)(=O)O)C(C)(CCCS(=O)(=O)O)c2cc(S(=O)(=O)O)ccc21. The Labute approximate surface area is 522 Å². The lowest BCUT2D eigenvalue weighted by Crippen LogP contribution is -2.35. The summed E-state index contributed by atoms with van der Waals surface area (Å²) in [6.07, 6.45) is 14.1. The summed E-state index contributed by atoms with van der Waals surface area (Å²) in [5, 5.41) is 8.31. The van der Waals surface area contributed by atoms with Crippen molar-refractivity contribution < 1.29 is 80.3 Å². The molecule has 0 aliphatic carbocycles. The third kappa shape index (κ3) is 18.1. The molecule has 0 aromatic heterocycles. The zero-order valence-electron chi connectivity index (χ0n) is 49.6. The number of carbonyl (C=O) groups is 3. The second-order valence-electron chi connectivity index (χ2n) is 21.7. The van der Waals surface area contributed by atoms with Crippen LogP contribution in [0.5, 0.6) is 0 Å². The number of ether oxygens (including phenoxy) is 2. The van der Waals surface area contributed by atoms with Crippen molar-refractivity contribution in [2.75, 3.05) is 63.4 Å². The largest absolute Gasteiger partial charge is 0.744 e. The molecular formula is C63H73N4O17PS4. The second-order valence-corrected chi connectivity index (χ2v) is 29.9. The third-order valence-electron chi connectivity index (χ3n) is 15.6. The lowest BCUT2D eigenvalue weighted by atomic mass is 9.76. The Morgan fingerprint density at radius 2 is 1.26 bits per heavy atom. The monoisotopic (exact) mass is 1320 g/mol. The molecule has 0 spiro atoms. The predicted octanol–water partition coefficient (Wildman–Crippen LogP) is 7.16. The van der Waals surface area contributed by atoms with Crippen molar-refractivity contribution in [2.24, 2.45) is 0 Å². The van der Waals surface area contributed by atoms with Crippen LogP contribution in [0, 0.1) is 0 Å². The highest BCUT2D eigenvalue weighted by atomic mass is 32.2. The van der Waals surface area contributed by atoms with Gasteiger partial charge in [-0.25, -0.2) is 13.2 Å². The maximum Gasteiger partial charge on any atom is 0.338 e. The quantitative estimate of drug-likeness (QED) is 0.00734. The van der Waals surface area contributed by atoms with Crippen molar-refractivity contribution in [3.05, 3.63) is 186 Å². The van der Waals surface area contributed by atoms with E-state index < -0.39 is 87.5 Å². The normalized spacial score (nSPS) is 17.5. The summed E-state index contributed by atoms with van der Waals surface area (Å²) in [7, 11) is -16.7. The van der Waals surface area contributed by atoms with Gasteiger partial charge >= 0.3 is 5.97 Å². The summed E-state index contributed by atoms with van der Waals surface area (Å²) >= 11 is 0. The van der Waals surface area contributed by atoms with Crippen LogP contribution >= 0.6 is 7.92 Å². The lowest BCUT2D eigenvalue weighted by molar-refractivity contribution is -0.438. The number of benzene rings is 5. The van der Waals surface area contributed by atoms with Gasteiger partial charge in [-0.1, -0.05) is 91.0 Å². The van der Waals surface area contributed by atoms with E-state index in [-0.39, 0.29) is 62.6 Å². The number of fused-ring (bicyclic) bond motifs is 2. The van der Waals surface area contributed by atoms with Crippen LogP contribution in [-0.4, -0.2) is 138 Å². The average Bonchev–Trinajstić information content (AvgIpc) is 1.64. The molecule has 21 nitrogen and oxygen atoms in total. The van der Waals surface area contributed by atoms with Crippen LogP contribution < -0.4 is 31.4 Å². The Morgan fingerprint density at radius 3 is 1.87 bits per heavy atom. The van der Waals surface area contributed by atoms with Crippen LogP contribution in [0.4, 0.5) is 11.4 Å². The van der Waals surface area contributed by atoms with Crippen LogP contribution in [0.3, 0.4) is 0 Å². The fourth-order valence-corrected chi connectivity index (χ4v) is 15.8. The Bertz CT molecular complexity index is 4010. The number of nitrogens with zero attached hydrogens (tertiary/aromatic N) is 2. The minimum Gasteiger partial charge on any atom is -0.744 e. The molecule has 0 saturated heterocycles. The van der Waals surface area contributed by atoms with Crippen molar-refractivity contribution in [2.45, 2.75) is 85.8 Å². The van der Waals surface area contributed by atoms with Gasteiger partial charge in [0.2, 0.25) is 11.6 Å². The lowest BCUT2D eigenvalue weighted by Gasteiger charge is -2.30. The molecule has 0 fully saturated rings. The number of unbranched alkanes of at least 4 members (excludes halogenated alkanes) is 2. The Balaban J connectivity index is 1.05. The van der Waals surface area contributed by atoms with Gasteiger partial charge in [0.05, 0.1) is 46.0 Å². The zero-order valence-corrected chi connectivity index (χ0v) is 53.8. The van der Waals surface area contributed by atoms with E-state index in [0.717, 1.165) is 10.6 Å². The summed E-state index contributed by atoms with van der Waals surface area (Å²) in [5.41, 5.74) is 2.00. The van der Waals surface area contributed by atoms with Crippen molar-refractivity contribution in [3.63, 3.8) is 0 Å². The Morgan fingerprint density at radius 1 is 0.663 bits per heavy atom. The van der Waals surface area contributed by atoms with Crippen LogP contribution in [0.15, 0.2) is 173 Å². The fraction of sp³-hybridized carbons (Fsp3) is 0.333. The highest BCUT2D eigenvalue weighted by molar-refractivity contribution is 7.86. The minimum absolute atomic E-state index is 0.00804. The molecule has 476 valence electrons. The molecule has 5 aromatic rings. The standard InChI is InChI=1S/C63H73N4O17PS4/c1-62(34-19-41-86(71,72)73)52-44-49(88(77,78)79)29-32-54(52)66(57(62)25-15-6-5-7-16-26-58-63(2,35-20-42-87(74,75)76)53-45-50(89(80,81)82)30-33-55(53)67(58)39-40-83-3)38-18-10-17-27-59(68)64-36-37-65-60(69)46-28-31-51(61(70)84-4)56(43-46)85(47-21-11-8-12-22-47)48-23-13-9-14-24-48/h5-9,11-16,21-26,28-33,43-45H,10,17-20,27,34-42H2,1-4H3,(H5-,64,65,68,69,71,72,73,74,75,76,77,78,79,80,81,82). The van der Waals surface area contributed by atoms with Gasteiger partial charge in [0, 0.05) is 85.0 Å². The topological polar surface area (TPSA) is 320 Å². The van der Waals surface area contributed by atoms with E-state index in [1.807, 2.05) is 77.1 Å². The molecule has 2 heterocycles. The van der Waals surface area contributed by atoms with Crippen molar-refractivity contribution in [3.8, 4) is 0 Å². The molecule has 89 heavy (non-hydrogen) atoms. The van der Waals surface area contributed by atoms with Crippen LogP contribution in [0.25, 0.3) is 0 Å². The minimum atomic E-state index is -4.93. The van der Waals surface area contributed by atoms with Gasteiger partial charge in [0.15, 0.2) is 5.71 Å². The van der Waals surface area contributed by atoms with Crippen molar-refractivity contribution in [1.82, 2.24) is 10.6 Å². The molecule has 26 heteroatoms. The number of amides is 2. The highest BCUT2D eigenvalue weighted by Crippen LogP contribution is 2.51. The number of nitrogens with one attached hydrogen (secondary N) is 2. The summed E-state index contributed by atoms with van der Waals surface area (Å²) in [5.74, 6) is -2.31. The molecule has 5 aromatic carbocycles. The first kappa shape index (κ1) is 69.4. The molecule has 0 bridgehead atoms. The molecular weight excluding hydrogens is 1240 g/mol. The van der Waals surface area contributed by atoms with Gasteiger partial charge in [0.25, 0.3) is 36.3 Å². The maximum absolute atomic E-state index is 13.6. The van der Waals surface area contributed by atoms with E-state index in [1.165, 1.54) is 44.6 Å². The molecule has 0 radical (unpaired) electrons. The van der Waals surface area contributed by atoms with E-state index in [2.05, 4.69) is 10.6 Å². The number of carbonyl (C=O) groups excluding carboxylic acids is 3. The second kappa shape index (κ2) is 30.2. The Hall–Kier alpha value is -7.03. The number of anilines is 1. The number of allylic oxidation sites excluding steroid dienone is 8. The molecule has 2 unspecified atom stereocenters. The number of rotatable bonds is 31. The third-order valence-corrected chi connectivity index (χ3v) is 21.4. The first-order valence-corrected chi connectivity index (χ1v) is 35.9. The van der Waals surface area contributed by atoms with Gasteiger partial charge in [0.1, 0.15) is 16.7 Å². The molecule has 7 rings (SSSR count). The average molecular weight is 1320 g/mol. The van der Waals surface area contributed by atoms with E-state index in [9.17, 15) is 66.3 Å². The van der Waals surface area contributed by atoms with Gasteiger partial charge < -0.3 is 29.6 Å². The molecule has 2 aliphatic heterocycles. The van der Waals surface area contributed by atoms with Crippen LogP contribution in [0.1, 0.15) is 97.1 Å². The van der Waals surface area contributed by atoms with E-state index >= 15 is 0 Å². The summed E-state index contributed by atoms with van der Waals surface area (Å²) in [4.78, 5) is 40.8. The van der Waals surface area contributed by atoms with Gasteiger partial charge in [-0.2, -0.15) is 29.8 Å². The zero-order chi connectivity index (χ0) is 64.8. The summed E-state index contributed by atoms with van der Waals surface area (Å²) in [6.45, 7) is 4.79. The van der Waals surface area contributed by atoms with Gasteiger partial charge in [-0.05, 0) is 131 Å². The van der Waals surface area contributed by atoms with Crippen molar-refractivity contribution in [1.29, 1.82) is 0 Å². The van der Waals surface area contributed by atoms with Crippen molar-refractivity contribution >= 4 is 99.2 Å². The van der Waals surface area contributed by atoms with Gasteiger partial charge in [-0.15, -0.1) is 0 Å². The number of esters is 1. The smallest absolute Gasteiger partial charge is 0.338 e. The van der Waals surface area contributed by atoms with Gasteiger partial charge in [-0.3, -0.25) is 23.2 Å². The Kier molecular flexibility index (Phi) is 23.6. The maximum atomic E-state index is 13.6. The van der Waals surface area contributed by atoms with Crippen LogP contribution in [0.2, 0.25) is 0 Å². The van der Waals surface area contributed by atoms with E-state index in [1.54, 1.807) is 73.7 Å². The molecule has 2 aliphatic rings. The highest BCUT2D eigenvalue weighted by Gasteiger charge is 2.48. The van der Waals surface area contributed by atoms with E-state index in [0.29, 0.717) is 82.7 Å². The van der Waals surface area contributed by atoms with E-state index in [4.69, 9.17) is 9.47 Å². The summed E-state index contributed by atoms with van der Waals surface area (Å²) in [6, 6.07) is 32.5.